The second kappa shape index (κ2) is 4.14. The molecule has 0 aromatic rings. The number of carbonyl (C=O) groups is 1. The number of carboxylic acid groups (broad SMARTS) is 1. The Morgan fingerprint density at radius 3 is 3.17 bits per heavy atom. The maximum Gasteiger partial charge on any atom is 0.304 e. The number of ether oxygens (including phenoxy) is 1. The Morgan fingerprint density at radius 2 is 2.58 bits per heavy atom. The first-order valence-electron chi connectivity index (χ1n) is 4.25. The average Bonchev–Trinajstić information content (AvgIpc) is 2.04. The van der Waals surface area contributed by atoms with Crippen molar-refractivity contribution in [2.75, 3.05) is 6.61 Å². The number of carboxylic acids is 1. The van der Waals surface area contributed by atoms with Crippen LogP contribution < -0.4 is 0 Å². The summed E-state index contributed by atoms with van der Waals surface area (Å²) in [6, 6.07) is 0. The first-order chi connectivity index (χ1) is 5.74. The first-order valence-corrected chi connectivity index (χ1v) is 4.25. The molecule has 1 N–H and O–H groups in total. The fourth-order valence-corrected chi connectivity index (χ4v) is 1.51. The molecule has 0 radical (unpaired) electrons. The van der Waals surface area contributed by atoms with E-state index in [0.29, 0.717) is 0 Å². The molecule has 68 valence electrons. The maximum absolute atomic E-state index is 10.4. The van der Waals surface area contributed by atoms with Crippen LogP contribution in [0.2, 0.25) is 0 Å². The van der Waals surface area contributed by atoms with Crippen molar-refractivity contribution in [2.45, 2.75) is 26.2 Å². The Balaban J connectivity index is 2.53. The quantitative estimate of drug-likeness (QED) is 0.687. The van der Waals surface area contributed by atoms with Gasteiger partial charge < -0.3 is 9.84 Å². The van der Waals surface area contributed by atoms with E-state index in [9.17, 15) is 4.79 Å². The summed E-state index contributed by atoms with van der Waals surface area (Å²) in [6.45, 7) is 2.62. The molecule has 3 heteroatoms. The lowest BCUT2D eigenvalue weighted by atomic mass is 9.95. The Bertz CT molecular complexity index is 196. The molecule has 1 rings (SSSR count). The lowest BCUT2D eigenvalue weighted by molar-refractivity contribution is -0.138. The molecule has 1 saturated heterocycles. The second-order valence-electron chi connectivity index (χ2n) is 2.98. The van der Waals surface area contributed by atoms with Crippen molar-refractivity contribution in [2.24, 2.45) is 5.92 Å². The smallest absolute Gasteiger partial charge is 0.304 e. The van der Waals surface area contributed by atoms with Crippen LogP contribution in [0.5, 0.6) is 0 Å². The first kappa shape index (κ1) is 9.10. The Morgan fingerprint density at radius 1 is 1.83 bits per heavy atom. The highest BCUT2D eigenvalue weighted by atomic mass is 16.5. The van der Waals surface area contributed by atoms with E-state index in [1.165, 1.54) is 0 Å². The van der Waals surface area contributed by atoms with E-state index in [4.69, 9.17) is 9.84 Å². The normalized spacial score (nSPS) is 26.8. The van der Waals surface area contributed by atoms with Gasteiger partial charge in [0, 0.05) is 5.92 Å². The molecule has 1 unspecified atom stereocenters. The van der Waals surface area contributed by atoms with Crippen molar-refractivity contribution in [3.8, 4) is 0 Å². The number of hydrogen-bond donors (Lipinski definition) is 1. The predicted octanol–water partition coefficient (Wildman–Crippen LogP) is 1.79. The van der Waals surface area contributed by atoms with Crippen LogP contribution in [0.15, 0.2) is 11.8 Å². The second-order valence-corrected chi connectivity index (χ2v) is 2.98. The van der Waals surface area contributed by atoms with Gasteiger partial charge in [-0.25, -0.2) is 0 Å². The zero-order chi connectivity index (χ0) is 8.97. The molecule has 0 bridgehead atoms. The van der Waals surface area contributed by atoms with Crippen LogP contribution in [0, 0.1) is 5.92 Å². The molecule has 12 heavy (non-hydrogen) atoms. The van der Waals surface area contributed by atoms with Gasteiger partial charge in [-0.3, -0.25) is 4.79 Å². The molecule has 0 aliphatic carbocycles. The van der Waals surface area contributed by atoms with Gasteiger partial charge in [0.1, 0.15) is 0 Å². The lowest BCUT2D eigenvalue weighted by Gasteiger charge is -2.24. The molecular formula is C9H14O3. The van der Waals surface area contributed by atoms with E-state index in [0.717, 1.165) is 25.2 Å². The highest BCUT2D eigenvalue weighted by molar-refractivity contribution is 5.67. The number of allylic oxidation sites excluding steroid dienone is 2. The van der Waals surface area contributed by atoms with Crippen molar-refractivity contribution in [3.63, 3.8) is 0 Å². The Hall–Kier alpha value is -0.990. The molecule has 1 heterocycles. The van der Waals surface area contributed by atoms with Gasteiger partial charge in [0.05, 0.1) is 18.8 Å². The molecule has 0 aromatic carbocycles. The van der Waals surface area contributed by atoms with E-state index >= 15 is 0 Å². The minimum Gasteiger partial charge on any atom is -0.498 e. The highest BCUT2D eigenvalue weighted by Gasteiger charge is 2.21. The van der Waals surface area contributed by atoms with Gasteiger partial charge in [-0.15, -0.1) is 0 Å². The third-order valence-electron chi connectivity index (χ3n) is 2.07. The lowest BCUT2D eigenvalue weighted by Crippen LogP contribution is -2.18. The summed E-state index contributed by atoms with van der Waals surface area (Å²) in [5.41, 5.74) is 0. The average molecular weight is 170 g/mol. The third kappa shape index (κ3) is 2.26. The summed E-state index contributed by atoms with van der Waals surface area (Å²) in [4.78, 5) is 10.4. The van der Waals surface area contributed by atoms with Gasteiger partial charge in [0.2, 0.25) is 0 Å². The standard InChI is InChI=1S/C9H14O3/c1-2-8-7(6-9(10)11)4-3-5-12-8/h2,7H,3-6H2,1H3,(H,10,11). The molecule has 0 spiro atoms. The fraction of sp³-hybridized carbons (Fsp3) is 0.667. The van der Waals surface area contributed by atoms with Crippen LogP contribution in [-0.4, -0.2) is 17.7 Å². The van der Waals surface area contributed by atoms with Crippen LogP contribution in [-0.2, 0) is 9.53 Å². The van der Waals surface area contributed by atoms with E-state index in [-0.39, 0.29) is 12.3 Å². The Labute approximate surface area is 72.0 Å². The predicted molar refractivity (Wildman–Crippen MR) is 44.7 cm³/mol. The van der Waals surface area contributed by atoms with Crippen molar-refractivity contribution in [3.05, 3.63) is 11.8 Å². The molecular weight excluding hydrogens is 156 g/mol. The van der Waals surface area contributed by atoms with Crippen LogP contribution in [0.4, 0.5) is 0 Å². The monoisotopic (exact) mass is 170 g/mol. The summed E-state index contributed by atoms with van der Waals surface area (Å²) in [7, 11) is 0. The third-order valence-corrected chi connectivity index (χ3v) is 2.07. The minimum atomic E-state index is -0.746. The topological polar surface area (TPSA) is 46.5 Å². The van der Waals surface area contributed by atoms with Crippen molar-refractivity contribution >= 4 is 5.97 Å². The molecule has 1 aliphatic heterocycles. The van der Waals surface area contributed by atoms with Gasteiger partial charge in [0.15, 0.2) is 0 Å². The minimum absolute atomic E-state index is 0.0984. The zero-order valence-electron chi connectivity index (χ0n) is 7.25. The van der Waals surface area contributed by atoms with Crippen LogP contribution in [0.1, 0.15) is 26.2 Å². The summed E-state index contributed by atoms with van der Waals surface area (Å²) in [5, 5.41) is 8.60. The molecule has 1 fully saturated rings. The fourth-order valence-electron chi connectivity index (χ4n) is 1.51. The molecule has 0 aromatic heterocycles. The van der Waals surface area contributed by atoms with Gasteiger partial charge in [-0.05, 0) is 25.8 Å². The zero-order valence-corrected chi connectivity index (χ0v) is 7.25. The van der Waals surface area contributed by atoms with Crippen molar-refractivity contribution in [1.82, 2.24) is 0 Å². The number of rotatable bonds is 2. The van der Waals surface area contributed by atoms with Gasteiger partial charge in [-0.2, -0.15) is 0 Å². The van der Waals surface area contributed by atoms with Crippen LogP contribution in [0.3, 0.4) is 0 Å². The van der Waals surface area contributed by atoms with E-state index in [1.807, 2.05) is 13.0 Å². The van der Waals surface area contributed by atoms with E-state index in [1.54, 1.807) is 0 Å². The summed E-state index contributed by atoms with van der Waals surface area (Å²) in [6.07, 6.45) is 3.97. The molecule has 0 saturated carbocycles. The largest absolute Gasteiger partial charge is 0.498 e. The molecule has 0 amide bonds. The summed E-state index contributed by atoms with van der Waals surface area (Å²) < 4.78 is 5.34. The van der Waals surface area contributed by atoms with Gasteiger partial charge >= 0.3 is 5.97 Å². The highest BCUT2D eigenvalue weighted by Crippen LogP contribution is 2.26. The maximum atomic E-state index is 10.4. The molecule has 3 nitrogen and oxygen atoms in total. The number of hydrogen-bond acceptors (Lipinski definition) is 2. The van der Waals surface area contributed by atoms with Crippen LogP contribution in [0.25, 0.3) is 0 Å². The van der Waals surface area contributed by atoms with Crippen LogP contribution >= 0.6 is 0 Å². The Kier molecular flexibility index (Phi) is 3.14. The van der Waals surface area contributed by atoms with E-state index < -0.39 is 5.97 Å². The van der Waals surface area contributed by atoms with E-state index in [2.05, 4.69) is 0 Å². The molecule has 1 atom stereocenters. The summed E-state index contributed by atoms with van der Waals surface area (Å²) in [5.74, 6) is 0.203. The van der Waals surface area contributed by atoms with Gasteiger partial charge in [0.25, 0.3) is 0 Å². The molecule has 1 aliphatic rings. The number of aliphatic carboxylic acids is 1. The summed E-state index contributed by atoms with van der Waals surface area (Å²) >= 11 is 0. The van der Waals surface area contributed by atoms with Crippen molar-refractivity contribution < 1.29 is 14.6 Å². The SMILES string of the molecule is CC=C1OCCCC1CC(=O)O. The van der Waals surface area contributed by atoms with Gasteiger partial charge in [-0.1, -0.05) is 0 Å². The van der Waals surface area contributed by atoms with Crippen molar-refractivity contribution in [1.29, 1.82) is 0 Å².